The van der Waals surface area contributed by atoms with E-state index >= 15 is 0 Å². The quantitative estimate of drug-likeness (QED) is 0.828. The molecule has 0 heterocycles. The van der Waals surface area contributed by atoms with E-state index in [2.05, 4.69) is 0 Å². The molecule has 1 aliphatic carbocycles. The van der Waals surface area contributed by atoms with Gasteiger partial charge in [0.25, 0.3) is 0 Å². The van der Waals surface area contributed by atoms with Crippen LogP contribution in [0.25, 0.3) is 0 Å². The van der Waals surface area contributed by atoms with Gasteiger partial charge in [-0.25, -0.2) is 0 Å². The molecule has 0 spiro atoms. The van der Waals surface area contributed by atoms with Crippen molar-refractivity contribution in [3.05, 3.63) is 35.4 Å². The Morgan fingerprint density at radius 3 is 2.19 bits per heavy atom. The van der Waals surface area contributed by atoms with Gasteiger partial charge in [-0.1, -0.05) is 12.1 Å². The zero-order chi connectivity index (χ0) is 11.9. The minimum atomic E-state index is -4.25. The van der Waals surface area contributed by atoms with Crippen molar-refractivity contribution >= 4 is 0 Å². The van der Waals surface area contributed by atoms with E-state index in [0.717, 1.165) is 24.1 Å². The summed E-state index contributed by atoms with van der Waals surface area (Å²) in [6.07, 6.45) is -3.26. The Labute approximate surface area is 92.5 Å². The van der Waals surface area contributed by atoms with Crippen molar-refractivity contribution in [1.82, 2.24) is 0 Å². The first-order valence-electron chi connectivity index (χ1n) is 5.32. The normalized spacial score (nSPS) is 26.6. The van der Waals surface area contributed by atoms with Gasteiger partial charge in [0.05, 0.1) is 5.56 Å². The van der Waals surface area contributed by atoms with E-state index in [1.165, 1.54) is 0 Å². The monoisotopic (exact) mass is 229 g/mol. The third kappa shape index (κ3) is 2.21. The molecule has 2 rings (SSSR count). The maximum absolute atomic E-state index is 12.3. The van der Waals surface area contributed by atoms with Crippen molar-refractivity contribution in [2.75, 3.05) is 0 Å². The van der Waals surface area contributed by atoms with Crippen molar-refractivity contribution in [3.63, 3.8) is 0 Å². The van der Waals surface area contributed by atoms with Crippen molar-refractivity contribution in [3.8, 4) is 0 Å². The molecule has 1 fully saturated rings. The zero-order valence-corrected chi connectivity index (χ0v) is 8.96. The van der Waals surface area contributed by atoms with Gasteiger partial charge in [-0.2, -0.15) is 13.2 Å². The molecule has 2 N–H and O–H groups in total. The van der Waals surface area contributed by atoms with Gasteiger partial charge < -0.3 is 5.73 Å². The van der Waals surface area contributed by atoms with Crippen LogP contribution in [0.2, 0.25) is 0 Å². The predicted molar refractivity (Wildman–Crippen MR) is 55.9 cm³/mol. The van der Waals surface area contributed by atoms with E-state index in [9.17, 15) is 13.2 Å². The molecule has 3 atom stereocenters. The summed E-state index contributed by atoms with van der Waals surface area (Å²) in [5.41, 5.74) is 6.12. The topological polar surface area (TPSA) is 26.0 Å². The molecule has 16 heavy (non-hydrogen) atoms. The summed E-state index contributed by atoms with van der Waals surface area (Å²) in [6, 6.07) is 5.54. The molecule has 1 saturated carbocycles. The van der Waals surface area contributed by atoms with Gasteiger partial charge in [0, 0.05) is 6.04 Å². The van der Waals surface area contributed by atoms with Gasteiger partial charge in [0.2, 0.25) is 0 Å². The van der Waals surface area contributed by atoms with E-state index in [-0.39, 0.29) is 6.04 Å². The standard InChI is InChI=1S/C12H14F3N/c1-7(16)10-6-11(10)8-2-4-9(5-3-8)12(13,14)15/h2-5,7,10-11H,6,16H2,1H3/t7-,10-,11+/m0/s1. The molecular weight excluding hydrogens is 215 g/mol. The van der Waals surface area contributed by atoms with Crippen LogP contribution in [0.4, 0.5) is 13.2 Å². The number of hydrogen-bond acceptors (Lipinski definition) is 1. The van der Waals surface area contributed by atoms with Crippen LogP contribution >= 0.6 is 0 Å². The second kappa shape index (κ2) is 3.77. The van der Waals surface area contributed by atoms with Gasteiger partial charge in [0.1, 0.15) is 0 Å². The van der Waals surface area contributed by atoms with Crippen LogP contribution in [0.1, 0.15) is 30.4 Å². The Morgan fingerprint density at radius 1 is 1.25 bits per heavy atom. The minimum Gasteiger partial charge on any atom is -0.328 e. The van der Waals surface area contributed by atoms with Gasteiger partial charge in [-0.3, -0.25) is 0 Å². The molecule has 0 unspecified atom stereocenters. The first kappa shape index (κ1) is 11.5. The van der Waals surface area contributed by atoms with Crippen LogP contribution in [-0.2, 0) is 6.18 Å². The number of nitrogens with two attached hydrogens (primary N) is 1. The third-order valence-corrected chi connectivity index (χ3v) is 3.18. The summed E-state index contributed by atoms with van der Waals surface area (Å²) < 4.78 is 37.0. The Kier molecular flexibility index (Phi) is 2.70. The number of hydrogen-bond donors (Lipinski definition) is 1. The lowest BCUT2D eigenvalue weighted by atomic mass is 10.0. The van der Waals surface area contributed by atoms with E-state index in [1.54, 1.807) is 12.1 Å². The van der Waals surface area contributed by atoms with Gasteiger partial charge in [-0.05, 0) is 42.9 Å². The molecule has 0 amide bonds. The maximum atomic E-state index is 12.3. The molecular formula is C12H14F3N. The third-order valence-electron chi connectivity index (χ3n) is 3.18. The summed E-state index contributed by atoms with van der Waals surface area (Å²) in [5, 5.41) is 0. The van der Waals surface area contributed by atoms with Crippen LogP contribution in [0.15, 0.2) is 24.3 Å². The Hall–Kier alpha value is -1.03. The SMILES string of the molecule is C[C@H](N)[C@@H]1C[C@@H]1c1ccc(C(F)(F)F)cc1. The number of rotatable bonds is 2. The summed E-state index contributed by atoms with van der Waals surface area (Å²) in [6.45, 7) is 1.94. The second-order valence-corrected chi connectivity index (χ2v) is 4.48. The fraction of sp³-hybridized carbons (Fsp3) is 0.500. The molecule has 1 nitrogen and oxygen atoms in total. The van der Waals surface area contributed by atoms with Crippen molar-refractivity contribution in [2.45, 2.75) is 31.5 Å². The molecule has 0 aliphatic heterocycles. The fourth-order valence-corrected chi connectivity index (χ4v) is 2.10. The summed E-state index contributed by atoms with van der Waals surface area (Å²) in [5.74, 6) is 0.777. The molecule has 0 bridgehead atoms. The number of halogens is 3. The minimum absolute atomic E-state index is 0.118. The van der Waals surface area contributed by atoms with Gasteiger partial charge >= 0.3 is 6.18 Å². The lowest BCUT2D eigenvalue weighted by molar-refractivity contribution is -0.137. The second-order valence-electron chi connectivity index (χ2n) is 4.48. The van der Waals surface area contributed by atoms with Crippen LogP contribution in [0, 0.1) is 5.92 Å². The predicted octanol–water partition coefficient (Wildman–Crippen LogP) is 3.16. The van der Waals surface area contributed by atoms with E-state index in [0.29, 0.717) is 11.8 Å². The molecule has 1 aromatic rings. The smallest absolute Gasteiger partial charge is 0.328 e. The van der Waals surface area contributed by atoms with Gasteiger partial charge in [-0.15, -0.1) is 0 Å². The first-order valence-corrected chi connectivity index (χ1v) is 5.32. The molecule has 0 saturated heterocycles. The van der Waals surface area contributed by atoms with Crippen LogP contribution < -0.4 is 5.73 Å². The Morgan fingerprint density at radius 2 is 1.81 bits per heavy atom. The van der Waals surface area contributed by atoms with Crippen LogP contribution in [0.5, 0.6) is 0 Å². The molecule has 1 aromatic carbocycles. The highest BCUT2D eigenvalue weighted by molar-refractivity contribution is 5.31. The van der Waals surface area contributed by atoms with Crippen molar-refractivity contribution in [2.24, 2.45) is 11.7 Å². The molecule has 0 radical (unpaired) electrons. The highest BCUT2D eigenvalue weighted by Gasteiger charge is 2.41. The molecule has 4 heteroatoms. The lowest BCUT2D eigenvalue weighted by Gasteiger charge is -2.08. The highest BCUT2D eigenvalue weighted by Crippen LogP contribution is 2.49. The Bertz CT molecular complexity index is 367. The Balaban J connectivity index is 2.10. The van der Waals surface area contributed by atoms with Crippen LogP contribution in [-0.4, -0.2) is 6.04 Å². The van der Waals surface area contributed by atoms with Gasteiger partial charge in [0.15, 0.2) is 0 Å². The molecule has 0 aromatic heterocycles. The maximum Gasteiger partial charge on any atom is 0.416 e. The summed E-state index contributed by atoms with van der Waals surface area (Å²) in [7, 11) is 0. The van der Waals surface area contributed by atoms with Crippen LogP contribution in [0.3, 0.4) is 0 Å². The average molecular weight is 229 g/mol. The van der Waals surface area contributed by atoms with E-state index < -0.39 is 11.7 Å². The number of benzene rings is 1. The fourth-order valence-electron chi connectivity index (χ4n) is 2.10. The van der Waals surface area contributed by atoms with Crippen molar-refractivity contribution in [1.29, 1.82) is 0 Å². The summed E-state index contributed by atoms with van der Waals surface area (Å²) >= 11 is 0. The summed E-state index contributed by atoms with van der Waals surface area (Å²) in [4.78, 5) is 0. The molecule has 88 valence electrons. The lowest BCUT2D eigenvalue weighted by Crippen LogP contribution is -2.17. The first-order chi connectivity index (χ1) is 7.39. The number of alkyl halides is 3. The van der Waals surface area contributed by atoms with Crippen molar-refractivity contribution < 1.29 is 13.2 Å². The largest absolute Gasteiger partial charge is 0.416 e. The average Bonchev–Trinajstić information content (AvgIpc) is 2.96. The highest BCUT2D eigenvalue weighted by atomic mass is 19.4. The molecule has 1 aliphatic rings. The van der Waals surface area contributed by atoms with E-state index in [1.807, 2.05) is 6.92 Å². The zero-order valence-electron chi connectivity index (χ0n) is 8.96. The van der Waals surface area contributed by atoms with E-state index in [4.69, 9.17) is 5.73 Å².